The van der Waals surface area contributed by atoms with Gasteiger partial charge in [0, 0.05) is 23.7 Å². The minimum absolute atomic E-state index is 0.0574. The third kappa shape index (κ3) is 4.88. The van der Waals surface area contributed by atoms with Gasteiger partial charge in [0.2, 0.25) is 0 Å². The molecule has 2 rings (SSSR count). The number of hydrazine groups is 1. The molecular weight excluding hydrogens is 316 g/mol. The molecule has 0 heterocycles. The van der Waals surface area contributed by atoms with Gasteiger partial charge in [-0.1, -0.05) is 19.8 Å². The highest BCUT2D eigenvalue weighted by atomic mass is 32.1. The van der Waals surface area contributed by atoms with E-state index in [0.717, 1.165) is 6.42 Å². The van der Waals surface area contributed by atoms with Gasteiger partial charge in [-0.2, -0.15) is 0 Å². The largest absolute Gasteiger partial charge is 0.358 e. The van der Waals surface area contributed by atoms with Gasteiger partial charge >= 0.3 is 0 Å². The van der Waals surface area contributed by atoms with Crippen LogP contribution in [0, 0.1) is 16.0 Å². The Morgan fingerprint density at radius 3 is 2.48 bits per heavy atom. The number of hydrogen-bond donors (Lipinski definition) is 3. The fourth-order valence-electron chi connectivity index (χ4n) is 2.66. The zero-order valence-electron chi connectivity index (χ0n) is 12.9. The summed E-state index contributed by atoms with van der Waals surface area (Å²) in [6, 6.07) is 5.69. The molecule has 0 saturated heterocycles. The monoisotopic (exact) mass is 336 g/mol. The minimum Gasteiger partial charge on any atom is -0.358 e. The Morgan fingerprint density at radius 2 is 1.87 bits per heavy atom. The number of nitro benzene ring substituents is 1. The minimum atomic E-state index is -0.510. The molecule has 0 aliphatic heterocycles. The number of nitrogens with zero attached hydrogens (tertiary/aromatic N) is 1. The summed E-state index contributed by atoms with van der Waals surface area (Å²) >= 11 is 5.18. The maximum atomic E-state index is 12.0. The summed E-state index contributed by atoms with van der Waals surface area (Å²) in [6.07, 6.45) is 4.67. The van der Waals surface area contributed by atoms with Gasteiger partial charge in [0.05, 0.1) is 4.92 Å². The smallest absolute Gasteiger partial charge is 0.269 e. The first kappa shape index (κ1) is 17.1. The number of benzene rings is 1. The molecule has 124 valence electrons. The second-order valence-corrected chi connectivity index (χ2v) is 6.13. The molecule has 0 radical (unpaired) electrons. The van der Waals surface area contributed by atoms with Crippen molar-refractivity contribution in [2.24, 2.45) is 5.92 Å². The zero-order valence-corrected chi connectivity index (χ0v) is 13.7. The summed E-state index contributed by atoms with van der Waals surface area (Å²) in [5, 5.41) is 14.2. The van der Waals surface area contributed by atoms with Crippen LogP contribution in [0.25, 0.3) is 0 Å². The number of thiocarbonyl (C=S) groups is 1. The molecule has 1 aliphatic carbocycles. The molecule has 8 heteroatoms. The molecule has 1 amide bonds. The standard InChI is InChI=1S/C15H20N4O3S/c1-10-4-2-3-5-13(10)16-15(23)18-17-14(20)11-6-8-12(9-7-11)19(21)22/h6-10,13H,2-5H2,1H3,(H,17,20)(H2,16,18,23)/t10-,13+/m0/s1. The van der Waals surface area contributed by atoms with E-state index in [9.17, 15) is 14.9 Å². The van der Waals surface area contributed by atoms with Crippen LogP contribution in [0.3, 0.4) is 0 Å². The molecule has 1 aromatic rings. The molecule has 2 atom stereocenters. The molecule has 1 fully saturated rings. The number of carbonyl (C=O) groups excluding carboxylic acids is 1. The topological polar surface area (TPSA) is 96.3 Å². The van der Waals surface area contributed by atoms with Gasteiger partial charge in [0.1, 0.15) is 0 Å². The molecule has 0 spiro atoms. The van der Waals surface area contributed by atoms with Gasteiger partial charge in [0.25, 0.3) is 11.6 Å². The molecule has 0 aromatic heterocycles. The summed E-state index contributed by atoms with van der Waals surface area (Å²) < 4.78 is 0. The highest BCUT2D eigenvalue weighted by Gasteiger charge is 2.21. The number of hydrogen-bond acceptors (Lipinski definition) is 4. The van der Waals surface area contributed by atoms with Crippen molar-refractivity contribution >= 4 is 28.9 Å². The van der Waals surface area contributed by atoms with Gasteiger partial charge in [-0.25, -0.2) is 0 Å². The second-order valence-electron chi connectivity index (χ2n) is 5.72. The summed E-state index contributed by atoms with van der Waals surface area (Å²) in [5.74, 6) is 0.148. The quantitative estimate of drug-likeness (QED) is 0.445. The lowest BCUT2D eigenvalue weighted by molar-refractivity contribution is -0.384. The first-order valence-electron chi connectivity index (χ1n) is 7.58. The van der Waals surface area contributed by atoms with Gasteiger partial charge in [0.15, 0.2) is 5.11 Å². The molecule has 3 N–H and O–H groups in total. The van der Waals surface area contributed by atoms with Crippen molar-refractivity contribution in [3.05, 3.63) is 39.9 Å². The van der Waals surface area contributed by atoms with E-state index < -0.39 is 10.8 Å². The first-order chi connectivity index (χ1) is 11.0. The van der Waals surface area contributed by atoms with Crippen LogP contribution in [-0.4, -0.2) is 22.0 Å². The molecule has 23 heavy (non-hydrogen) atoms. The Bertz CT molecular complexity index is 591. The van der Waals surface area contributed by atoms with Gasteiger partial charge in [-0.15, -0.1) is 0 Å². The van der Waals surface area contributed by atoms with E-state index >= 15 is 0 Å². The summed E-state index contributed by atoms with van der Waals surface area (Å²) in [4.78, 5) is 22.0. The fraction of sp³-hybridized carbons (Fsp3) is 0.467. The van der Waals surface area contributed by atoms with Crippen molar-refractivity contribution in [2.45, 2.75) is 38.6 Å². The third-order valence-electron chi connectivity index (χ3n) is 4.06. The number of nitrogens with one attached hydrogen (secondary N) is 3. The van der Waals surface area contributed by atoms with Crippen LogP contribution in [0.15, 0.2) is 24.3 Å². The first-order valence-corrected chi connectivity index (χ1v) is 7.99. The predicted molar refractivity (Wildman–Crippen MR) is 90.9 cm³/mol. The van der Waals surface area contributed by atoms with Gasteiger partial charge < -0.3 is 5.32 Å². The SMILES string of the molecule is C[C@H]1CCCC[C@H]1NC(=S)NNC(=O)c1ccc([N+](=O)[O-])cc1. The van der Waals surface area contributed by atoms with Gasteiger partial charge in [-0.05, 0) is 43.1 Å². The Labute approximate surface area is 140 Å². The summed E-state index contributed by atoms with van der Waals surface area (Å²) in [6.45, 7) is 2.19. The van der Waals surface area contributed by atoms with Crippen molar-refractivity contribution in [3.63, 3.8) is 0 Å². The molecule has 1 aliphatic rings. The lowest BCUT2D eigenvalue weighted by atomic mass is 9.86. The Balaban J connectivity index is 1.81. The molecule has 1 saturated carbocycles. The summed E-state index contributed by atoms with van der Waals surface area (Å²) in [5.41, 5.74) is 5.42. The van der Waals surface area contributed by atoms with Crippen LogP contribution in [0.4, 0.5) is 5.69 Å². The van der Waals surface area contributed by atoms with E-state index in [4.69, 9.17) is 12.2 Å². The third-order valence-corrected chi connectivity index (χ3v) is 4.28. The number of non-ortho nitro benzene ring substituents is 1. The van der Waals surface area contributed by atoms with Crippen LogP contribution in [0.2, 0.25) is 0 Å². The van der Waals surface area contributed by atoms with Crippen molar-refractivity contribution in [2.75, 3.05) is 0 Å². The van der Waals surface area contributed by atoms with Crippen LogP contribution >= 0.6 is 12.2 Å². The van der Waals surface area contributed by atoms with Gasteiger partial charge in [-0.3, -0.25) is 25.8 Å². The van der Waals surface area contributed by atoms with E-state index in [-0.39, 0.29) is 5.69 Å². The van der Waals surface area contributed by atoms with E-state index in [1.807, 2.05) is 0 Å². The molecular formula is C15H20N4O3S. The number of amides is 1. The van der Waals surface area contributed by atoms with Crippen molar-refractivity contribution < 1.29 is 9.72 Å². The van der Waals surface area contributed by atoms with E-state index in [1.54, 1.807) is 0 Å². The Hall–Kier alpha value is -2.22. The summed E-state index contributed by atoms with van der Waals surface area (Å²) in [7, 11) is 0. The second kappa shape index (κ2) is 7.87. The average Bonchev–Trinajstić information content (AvgIpc) is 2.55. The van der Waals surface area contributed by atoms with Crippen LogP contribution in [-0.2, 0) is 0 Å². The average molecular weight is 336 g/mol. The highest BCUT2D eigenvalue weighted by Crippen LogP contribution is 2.23. The highest BCUT2D eigenvalue weighted by molar-refractivity contribution is 7.80. The van der Waals surface area contributed by atoms with Crippen LogP contribution < -0.4 is 16.2 Å². The van der Waals surface area contributed by atoms with Crippen molar-refractivity contribution in [1.29, 1.82) is 0 Å². The molecule has 0 bridgehead atoms. The lowest BCUT2D eigenvalue weighted by Gasteiger charge is -2.30. The maximum Gasteiger partial charge on any atom is 0.269 e. The zero-order chi connectivity index (χ0) is 16.8. The normalized spacial score (nSPS) is 20.4. The number of nitro groups is 1. The van der Waals surface area contributed by atoms with E-state index in [1.165, 1.54) is 43.5 Å². The number of carbonyl (C=O) groups is 1. The van der Waals surface area contributed by atoms with Crippen LogP contribution in [0.5, 0.6) is 0 Å². The maximum absolute atomic E-state index is 12.0. The van der Waals surface area contributed by atoms with Crippen molar-refractivity contribution in [1.82, 2.24) is 16.2 Å². The fourth-order valence-corrected chi connectivity index (χ4v) is 2.86. The molecule has 1 aromatic carbocycles. The Morgan fingerprint density at radius 1 is 1.22 bits per heavy atom. The number of rotatable bonds is 3. The molecule has 7 nitrogen and oxygen atoms in total. The molecule has 0 unspecified atom stereocenters. The lowest BCUT2D eigenvalue weighted by Crippen LogP contribution is -2.51. The van der Waals surface area contributed by atoms with Crippen LogP contribution in [0.1, 0.15) is 43.0 Å². The Kier molecular flexibility index (Phi) is 5.86. The van der Waals surface area contributed by atoms with E-state index in [0.29, 0.717) is 22.6 Å². The predicted octanol–water partition coefficient (Wildman–Crippen LogP) is 2.28. The van der Waals surface area contributed by atoms with E-state index in [2.05, 4.69) is 23.1 Å². The van der Waals surface area contributed by atoms with Crippen molar-refractivity contribution in [3.8, 4) is 0 Å².